The lowest BCUT2D eigenvalue weighted by molar-refractivity contribution is -0.121. The second-order valence-electron chi connectivity index (χ2n) is 5.87. The van der Waals surface area contributed by atoms with Gasteiger partial charge in [0.05, 0.1) is 18.2 Å². The Labute approximate surface area is 163 Å². The van der Waals surface area contributed by atoms with Crippen molar-refractivity contribution in [2.24, 2.45) is 0 Å². The van der Waals surface area contributed by atoms with Gasteiger partial charge in [-0.05, 0) is 42.0 Å². The van der Waals surface area contributed by atoms with E-state index in [4.69, 9.17) is 23.2 Å². The molecule has 1 aliphatic heterocycles. The number of imide groups is 1. The fourth-order valence-electron chi connectivity index (χ4n) is 2.70. The van der Waals surface area contributed by atoms with Gasteiger partial charge in [-0.15, -0.1) is 8.78 Å². The Hall–Kier alpha value is -2.22. The van der Waals surface area contributed by atoms with Crippen molar-refractivity contribution in [3.63, 3.8) is 0 Å². The van der Waals surface area contributed by atoms with E-state index >= 15 is 0 Å². The maximum absolute atomic E-state index is 12.6. The van der Waals surface area contributed by atoms with E-state index in [9.17, 15) is 18.4 Å². The topological polar surface area (TPSA) is 58.6 Å². The summed E-state index contributed by atoms with van der Waals surface area (Å²) in [6.07, 6.45) is 0.00439. The minimum atomic E-state index is -3.84. The molecule has 1 heterocycles. The highest BCUT2D eigenvalue weighted by Gasteiger charge is 2.39. The first-order valence-corrected chi connectivity index (χ1v) is 8.69. The highest BCUT2D eigenvalue weighted by Crippen LogP contribution is 2.29. The van der Waals surface area contributed by atoms with Gasteiger partial charge in [0.15, 0.2) is 0 Å². The number of nitrogens with one attached hydrogen (secondary N) is 1. The number of hydrogen-bond acceptors (Lipinski definition) is 4. The summed E-state index contributed by atoms with van der Waals surface area (Å²) in [7, 11) is 0. The number of rotatable bonds is 6. The molecule has 0 saturated carbocycles. The van der Waals surface area contributed by atoms with Crippen molar-refractivity contribution in [2.45, 2.75) is 24.6 Å². The monoisotopic (exact) mass is 414 g/mol. The molecule has 142 valence electrons. The van der Waals surface area contributed by atoms with Gasteiger partial charge in [0.25, 0.3) is 5.91 Å². The molecular weight excluding hydrogens is 401 g/mol. The summed E-state index contributed by atoms with van der Waals surface area (Å²) in [5.41, 5.74) is -2.65. The third kappa shape index (κ3) is 4.94. The number of halogens is 4. The van der Waals surface area contributed by atoms with Crippen LogP contribution < -0.4 is 15.0 Å². The van der Waals surface area contributed by atoms with Crippen LogP contribution in [0.25, 0.3) is 0 Å². The van der Waals surface area contributed by atoms with E-state index < -0.39 is 17.5 Å². The van der Waals surface area contributed by atoms with Gasteiger partial charge in [-0.3, -0.25) is 9.59 Å². The van der Waals surface area contributed by atoms with Crippen LogP contribution in [-0.2, 0) is 16.1 Å². The minimum absolute atomic E-state index is 0.00439. The Kier molecular flexibility index (Phi) is 5.64. The molecule has 0 bridgehead atoms. The molecule has 0 spiro atoms. The number of nitrogens with zero attached hydrogens (tertiary/aromatic N) is 1. The average molecular weight is 415 g/mol. The lowest BCUT2D eigenvalue weighted by Gasteiger charge is -2.17. The Balaban J connectivity index is 1.66. The maximum atomic E-state index is 12.6. The fraction of sp³-hybridized carbons (Fsp3) is 0.222. The minimum Gasteiger partial charge on any atom is -0.420 e. The van der Waals surface area contributed by atoms with Crippen LogP contribution in [0.15, 0.2) is 48.5 Å². The molecule has 9 heteroatoms. The molecule has 1 saturated heterocycles. The molecule has 0 aliphatic carbocycles. The van der Waals surface area contributed by atoms with E-state index in [0.717, 1.165) is 10.5 Å². The molecule has 1 aliphatic rings. The van der Waals surface area contributed by atoms with Crippen molar-refractivity contribution in [2.75, 3.05) is 4.90 Å². The van der Waals surface area contributed by atoms with Crippen LogP contribution >= 0.6 is 23.2 Å². The summed E-state index contributed by atoms with van der Waals surface area (Å²) >= 11 is 10.5. The molecule has 2 aromatic carbocycles. The fourth-order valence-corrected chi connectivity index (χ4v) is 2.92. The Morgan fingerprint density at radius 1 is 1.11 bits per heavy atom. The summed E-state index contributed by atoms with van der Waals surface area (Å²) in [5, 5.41) is 3.65. The number of carbonyl (C=O) groups excluding carboxylic acids is 2. The van der Waals surface area contributed by atoms with Crippen LogP contribution in [0.1, 0.15) is 12.0 Å². The standard InChI is InChI=1S/C18H14Cl2F2N2O3/c19-12-3-1-11(2-4-12)10-23-15-9-16(25)24(17(15)26)13-5-7-14(8-6-13)27-18(20,21)22/h1-8,15,23H,9-10H2/t15-/m0/s1. The van der Waals surface area contributed by atoms with E-state index in [1.807, 2.05) is 12.1 Å². The first-order chi connectivity index (χ1) is 12.7. The van der Waals surface area contributed by atoms with Crippen LogP contribution in [0.5, 0.6) is 5.75 Å². The molecule has 0 unspecified atom stereocenters. The third-order valence-electron chi connectivity index (χ3n) is 3.94. The summed E-state index contributed by atoms with van der Waals surface area (Å²) in [6, 6.07) is 11.5. The van der Waals surface area contributed by atoms with E-state index in [0.29, 0.717) is 11.6 Å². The van der Waals surface area contributed by atoms with Gasteiger partial charge in [0, 0.05) is 23.2 Å². The average Bonchev–Trinajstić information content (AvgIpc) is 2.88. The SMILES string of the molecule is O=C1C[C@H](NCc2ccc(Cl)cc2)C(=O)N1c1ccc(OC(F)(F)Cl)cc1. The quantitative estimate of drug-likeness (QED) is 0.574. The molecule has 1 fully saturated rings. The second kappa shape index (κ2) is 7.80. The van der Waals surface area contributed by atoms with Gasteiger partial charge in [-0.1, -0.05) is 23.7 Å². The maximum Gasteiger partial charge on any atom is 0.487 e. The number of ether oxygens (including phenoxy) is 1. The zero-order chi connectivity index (χ0) is 19.6. The van der Waals surface area contributed by atoms with Crippen LogP contribution in [0.2, 0.25) is 5.02 Å². The molecular formula is C18H14Cl2F2N2O3. The normalized spacial score (nSPS) is 17.5. The molecule has 2 amide bonds. The first-order valence-electron chi connectivity index (χ1n) is 7.93. The second-order valence-corrected chi connectivity index (χ2v) is 6.75. The number of carbonyl (C=O) groups is 2. The summed E-state index contributed by atoms with van der Waals surface area (Å²) in [5.74, 6) is -0.981. The number of alkyl halides is 3. The van der Waals surface area contributed by atoms with Crippen LogP contribution in [0.4, 0.5) is 14.5 Å². The number of amides is 2. The van der Waals surface area contributed by atoms with Crippen molar-refractivity contribution in [1.82, 2.24) is 5.32 Å². The van der Waals surface area contributed by atoms with Crippen LogP contribution in [-0.4, -0.2) is 23.4 Å². The van der Waals surface area contributed by atoms with E-state index in [1.54, 1.807) is 12.1 Å². The molecule has 1 atom stereocenters. The Bertz CT molecular complexity index is 839. The van der Waals surface area contributed by atoms with Crippen molar-refractivity contribution in [1.29, 1.82) is 0 Å². The lowest BCUT2D eigenvalue weighted by Crippen LogP contribution is -2.38. The highest BCUT2D eigenvalue weighted by molar-refractivity contribution is 6.30. The summed E-state index contributed by atoms with van der Waals surface area (Å²) < 4.78 is 29.5. The highest BCUT2D eigenvalue weighted by atomic mass is 35.5. The molecule has 0 radical (unpaired) electrons. The van der Waals surface area contributed by atoms with Crippen molar-refractivity contribution < 1.29 is 23.1 Å². The van der Waals surface area contributed by atoms with Crippen LogP contribution in [0.3, 0.4) is 0 Å². The zero-order valence-electron chi connectivity index (χ0n) is 13.8. The lowest BCUT2D eigenvalue weighted by atomic mass is 10.2. The molecule has 5 nitrogen and oxygen atoms in total. The van der Waals surface area contributed by atoms with E-state index in [-0.39, 0.29) is 23.8 Å². The molecule has 0 aromatic heterocycles. The van der Waals surface area contributed by atoms with Gasteiger partial charge in [-0.25, -0.2) is 4.90 Å². The van der Waals surface area contributed by atoms with E-state index in [2.05, 4.69) is 10.1 Å². The van der Waals surface area contributed by atoms with Gasteiger partial charge in [-0.2, -0.15) is 0 Å². The largest absolute Gasteiger partial charge is 0.487 e. The molecule has 1 N–H and O–H groups in total. The number of hydrogen-bond donors (Lipinski definition) is 1. The predicted molar refractivity (Wildman–Crippen MR) is 97.1 cm³/mol. The Morgan fingerprint density at radius 3 is 2.33 bits per heavy atom. The predicted octanol–water partition coefficient (Wildman–Crippen LogP) is 3.93. The molecule has 27 heavy (non-hydrogen) atoms. The number of benzene rings is 2. The smallest absolute Gasteiger partial charge is 0.420 e. The van der Waals surface area contributed by atoms with Crippen LogP contribution in [0, 0.1) is 0 Å². The van der Waals surface area contributed by atoms with Gasteiger partial charge in [0.2, 0.25) is 5.91 Å². The zero-order valence-corrected chi connectivity index (χ0v) is 15.3. The number of anilines is 1. The van der Waals surface area contributed by atoms with Gasteiger partial charge >= 0.3 is 5.57 Å². The first kappa shape index (κ1) is 19.5. The summed E-state index contributed by atoms with van der Waals surface area (Å²) in [4.78, 5) is 25.8. The summed E-state index contributed by atoms with van der Waals surface area (Å²) in [6.45, 7) is 0.395. The van der Waals surface area contributed by atoms with Crippen molar-refractivity contribution in [3.8, 4) is 5.75 Å². The molecule has 3 rings (SSSR count). The van der Waals surface area contributed by atoms with Gasteiger partial charge < -0.3 is 10.1 Å². The van der Waals surface area contributed by atoms with Crippen molar-refractivity contribution in [3.05, 3.63) is 59.1 Å². The Morgan fingerprint density at radius 2 is 1.74 bits per heavy atom. The van der Waals surface area contributed by atoms with Crippen molar-refractivity contribution >= 4 is 40.7 Å². The van der Waals surface area contributed by atoms with E-state index in [1.165, 1.54) is 24.3 Å². The molecule has 2 aromatic rings. The van der Waals surface area contributed by atoms with Gasteiger partial charge in [0.1, 0.15) is 5.75 Å². The third-order valence-corrected chi connectivity index (χ3v) is 4.27.